The third-order valence-electron chi connectivity index (χ3n) is 5.84. The molecule has 0 saturated heterocycles. The summed E-state index contributed by atoms with van der Waals surface area (Å²) in [5, 5.41) is 3.05. The third kappa shape index (κ3) is 4.63. The smallest absolute Gasteiger partial charge is 0.348 e. The topological polar surface area (TPSA) is 55.4 Å². The van der Waals surface area contributed by atoms with Crippen LogP contribution in [0.4, 0.5) is 0 Å². The Labute approximate surface area is 154 Å². The lowest BCUT2D eigenvalue weighted by Gasteiger charge is -2.34. The highest BCUT2D eigenvalue weighted by Gasteiger charge is 2.28. The number of amides is 1. The minimum atomic E-state index is -0.363. The van der Waals surface area contributed by atoms with Crippen molar-refractivity contribution in [3.63, 3.8) is 0 Å². The van der Waals surface area contributed by atoms with Gasteiger partial charge in [-0.2, -0.15) is 0 Å². The summed E-state index contributed by atoms with van der Waals surface area (Å²) in [6, 6.07) is 2.17. The van der Waals surface area contributed by atoms with Crippen LogP contribution in [0.2, 0.25) is 0 Å². The summed E-state index contributed by atoms with van der Waals surface area (Å²) in [5.74, 6) is 0.556. The minimum Gasteiger partial charge on any atom is -0.451 e. The lowest BCUT2D eigenvalue weighted by Crippen LogP contribution is -2.45. The largest absolute Gasteiger partial charge is 0.451 e. The quantitative estimate of drug-likeness (QED) is 0.647. The van der Waals surface area contributed by atoms with Crippen molar-refractivity contribution < 1.29 is 14.3 Å². The maximum Gasteiger partial charge on any atom is 0.348 e. The Balaban J connectivity index is 1.49. The van der Waals surface area contributed by atoms with Gasteiger partial charge in [-0.1, -0.05) is 33.1 Å². The first-order valence-corrected chi connectivity index (χ1v) is 10.4. The van der Waals surface area contributed by atoms with E-state index < -0.39 is 0 Å². The van der Waals surface area contributed by atoms with E-state index in [1.165, 1.54) is 47.5 Å². The van der Waals surface area contributed by atoms with Gasteiger partial charge in [0.2, 0.25) is 0 Å². The lowest BCUT2D eigenvalue weighted by molar-refractivity contribution is -0.125. The molecule has 4 nitrogen and oxygen atoms in total. The number of carbonyl (C=O) groups excluding carboxylic acids is 2. The molecule has 2 aliphatic rings. The number of ether oxygens (including phenoxy) is 1. The van der Waals surface area contributed by atoms with E-state index in [4.69, 9.17) is 4.74 Å². The van der Waals surface area contributed by atoms with E-state index in [0.717, 1.165) is 25.7 Å². The number of aryl methyl sites for hydroxylation is 2. The van der Waals surface area contributed by atoms with Crippen LogP contribution < -0.4 is 5.32 Å². The van der Waals surface area contributed by atoms with Gasteiger partial charge in [-0.05, 0) is 55.6 Å². The number of hydrogen-bond donors (Lipinski definition) is 1. The second kappa shape index (κ2) is 8.35. The van der Waals surface area contributed by atoms with E-state index in [9.17, 15) is 9.59 Å². The monoisotopic (exact) mass is 363 g/mol. The zero-order valence-electron chi connectivity index (χ0n) is 15.3. The molecule has 138 valence electrons. The standard InChI is InChI=1S/C20H29NO3S/c1-13-7-6-9-16(14(13)2)21-19(22)12-24-20(23)18-11-15-8-4-3-5-10-17(15)25-18/h11,13-14,16H,3-10,12H2,1-2H3,(H,21,22)/t13-,14+,16+/m0/s1. The Kier molecular flexibility index (Phi) is 6.15. The van der Waals surface area contributed by atoms with Crippen molar-refractivity contribution in [3.05, 3.63) is 21.4 Å². The molecule has 0 bridgehead atoms. The van der Waals surface area contributed by atoms with Gasteiger partial charge < -0.3 is 10.1 Å². The van der Waals surface area contributed by atoms with Gasteiger partial charge in [0.05, 0.1) is 0 Å². The predicted octanol–water partition coefficient (Wildman–Crippen LogP) is 4.11. The Morgan fingerprint density at radius 3 is 2.80 bits per heavy atom. The van der Waals surface area contributed by atoms with Gasteiger partial charge in [0.25, 0.3) is 5.91 Å². The van der Waals surface area contributed by atoms with Gasteiger partial charge >= 0.3 is 5.97 Å². The van der Waals surface area contributed by atoms with E-state index >= 15 is 0 Å². The molecular weight excluding hydrogens is 334 g/mol. The van der Waals surface area contributed by atoms with Crippen molar-refractivity contribution in [1.82, 2.24) is 5.32 Å². The maximum atomic E-state index is 12.3. The molecule has 1 N–H and O–H groups in total. The molecule has 1 aromatic heterocycles. The van der Waals surface area contributed by atoms with Crippen LogP contribution >= 0.6 is 11.3 Å². The molecule has 0 radical (unpaired) electrons. The van der Waals surface area contributed by atoms with Crippen molar-refractivity contribution in [1.29, 1.82) is 0 Å². The molecule has 0 aliphatic heterocycles. The molecule has 1 aromatic rings. The molecule has 0 aromatic carbocycles. The second-order valence-electron chi connectivity index (χ2n) is 7.64. The number of hydrogen-bond acceptors (Lipinski definition) is 4. The number of fused-ring (bicyclic) bond motifs is 1. The third-order valence-corrected chi connectivity index (χ3v) is 7.05. The first kappa shape index (κ1) is 18.4. The first-order valence-electron chi connectivity index (χ1n) is 9.62. The first-order chi connectivity index (χ1) is 12.0. The normalized spacial score (nSPS) is 26.4. The number of thiophene rings is 1. The molecule has 0 unspecified atom stereocenters. The number of carbonyl (C=O) groups is 2. The van der Waals surface area contributed by atoms with Crippen molar-refractivity contribution in [2.24, 2.45) is 11.8 Å². The highest BCUT2D eigenvalue weighted by Crippen LogP contribution is 2.30. The summed E-state index contributed by atoms with van der Waals surface area (Å²) in [5.41, 5.74) is 1.30. The molecule has 0 spiro atoms. The van der Waals surface area contributed by atoms with Crippen LogP contribution in [0.3, 0.4) is 0 Å². The Morgan fingerprint density at radius 1 is 1.16 bits per heavy atom. The number of rotatable bonds is 4. The number of nitrogens with one attached hydrogen (secondary N) is 1. The Hall–Kier alpha value is -1.36. The molecule has 3 atom stereocenters. The Bertz CT molecular complexity index is 601. The minimum absolute atomic E-state index is 0.182. The Morgan fingerprint density at radius 2 is 1.96 bits per heavy atom. The summed E-state index contributed by atoms with van der Waals surface area (Å²) in [6.45, 7) is 4.25. The van der Waals surface area contributed by atoms with E-state index in [1.54, 1.807) is 0 Å². The van der Waals surface area contributed by atoms with Gasteiger partial charge in [-0.25, -0.2) is 4.79 Å². The highest BCUT2D eigenvalue weighted by atomic mass is 32.1. The molecule has 5 heteroatoms. The molecule has 25 heavy (non-hydrogen) atoms. The van der Waals surface area contributed by atoms with Crippen LogP contribution in [0.5, 0.6) is 0 Å². The SMILES string of the molecule is C[C@@H]1[C@@H](C)CCC[C@H]1NC(=O)COC(=O)c1cc2c(s1)CCCCC2. The zero-order valence-corrected chi connectivity index (χ0v) is 16.1. The van der Waals surface area contributed by atoms with E-state index in [2.05, 4.69) is 19.2 Å². The molecule has 1 fully saturated rings. The molecule has 2 aliphatic carbocycles. The summed E-state index contributed by atoms with van der Waals surface area (Å²) in [6.07, 6.45) is 9.16. The molecule has 1 amide bonds. The van der Waals surface area contributed by atoms with Gasteiger partial charge in [-0.15, -0.1) is 11.3 Å². The highest BCUT2D eigenvalue weighted by molar-refractivity contribution is 7.14. The number of esters is 1. The van der Waals surface area contributed by atoms with Gasteiger partial charge in [-0.3, -0.25) is 4.79 Å². The fourth-order valence-electron chi connectivity index (χ4n) is 4.00. The second-order valence-corrected chi connectivity index (χ2v) is 8.77. The average Bonchev–Trinajstić information content (AvgIpc) is 2.88. The lowest BCUT2D eigenvalue weighted by atomic mass is 9.78. The van der Waals surface area contributed by atoms with Crippen molar-refractivity contribution in [2.45, 2.75) is 71.3 Å². The van der Waals surface area contributed by atoms with Crippen LogP contribution in [-0.2, 0) is 22.4 Å². The van der Waals surface area contributed by atoms with Crippen LogP contribution in [0.1, 0.15) is 72.5 Å². The van der Waals surface area contributed by atoms with E-state index in [0.29, 0.717) is 16.7 Å². The summed E-state index contributed by atoms with van der Waals surface area (Å²) in [7, 11) is 0. The van der Waals surface area contributed by atoms with E-state index in [-0.39, 0.29) is 24.5 Å². The summed E-state index contributed by atoms with van der Waals surface area (Å²) in [4.78, 5) is 26.4. The van der Waals surface area contributed by atoms with Crippen LogP contribution in [0.25, 0.3) is 0 Å². The van der Waals surface area contributed by atoms with Gasteiger partial charge in [0.15, 0.2) is 6.61 Å². The molecule has 1 saturated carbocycles. The van der Waals surface area contributed by atoms with Gasteiger partial charge in [0, 0.05) is 10.9 Å². The summed E-state index contributed by atoms with van der Waals surface area (Å²) < 4.78 is 5.26. The molecular formula is C20H29NO3S. The maximum absolute atomic E-state index is 12.3. The van der Waals surface area contributed by atoms with Gasteiger partial charge in [0.1, 0.15) is 4.88 Å². The van der Waals surface area contributed by atoms with Crippen molar-refractivity contribution in [2.75, 3.05) is 6.61 Å². The van der Waals surface area contributed by atoms with Crippen molar-refractivity contribution >= 4 is 23.2 Å². The van der Waals surface area contributed by atoms with E-state index in [1.807, 2.05) is 6.07 Å². The predicted molar refractivity (Wildman–Crippen MR) is 100.0 cm³/mol. The zero-order chi connectivity index (χ0) is 17.8. The molecule has 1 heterocycles. The van der Waals surface area contributed by atoms with Crippen LogP contribution in [0.15, 0.2) is 6.07 Å². The van der Waals surface area contributed by atoms with Crippen molar-refractivity contribution in [3.8, 4) is 0 Å². The van der Waals surface area contributed by atoms with Crippen LogP contribution in [0, 0.1) is 11.8 Å². The average molecular weight is 364 g/mol. The van der Waals surface area contributed by atoms with Crippen LogP contribution in [-0.4, -0.2) is 24.5 Å². The fourth-order valence-corrected chi connectivity index (χ4v) is 5.15. The molecule has 3 rings (SSSR count). The summed E-state index contributed by atoms with van der Waals surface area (Å²) >= 11 is 1.54. The fraction of sp³-hybridized carbons (Fsp3) is 0.700.